The van der Waals surface area contributed by atoms with Gasteiger partial charge < -0.3 is 5.11 Å². The third-order valence-corrected chi connectivity index (χ3v) is 8.71. The Morgan fingerprint density at radius 1 is 1.06 bits per heavy atom. The second-order valence-corrected chi connectivity index (χ2v) is 10.9. The second-order valence-electron chi connectivity index (χ2n) is 8.75. The molecule has 1 aliphatic rings. The van der Waals surface area contributed by atoms with Gasteiger partial charge in [-0.25, -0.2) is 0 Å². The van der Waals surface area contributed by atoms with Crippen LogP contribution in [0, 0.1) is 26.7 Å². The summed E-state index contributed by atoms with van der Waals surface area (Å²) in [6.07, 6.45) is 0. The smallest absolute Gasteiger partial charge is 0.308 e. The minimum atomic E-state index is -0.937. The van der Waals surface area contributed by atoms with E-state index in [-0.39, 0.29) is 5.78 Å². The Labute approximate surface area is 210 Å². The molecular formula is C26H24N4O3S2. The fraction of sp³-hybridized carbons (Fsp3) is 0.269. The molecule has 4 aromatic rings. The molecule has 1 aromatic carbocycles. The lowest BCUT2D eigenvalue weighted by atomic mass is 9.96. The monoisotopic (exact) mass is 504 g/mol. The molecule has 3 aromatic heterocycles. The summed E-state index contributed by atoms with van der Waals surface area (Å²) in [5, 5.41) is 21.3. The minimum absolute atomic E-state index is 0.0464. The molecule has 1 aliphatic heterocycles. The number of aryl methyl sites for hydroxylation is 2. The van der Waals surface area contributed by atoms with E-state index in [0.717, 1.165) is 48.3 Å². The number of carboxylic acid groups (broad SMARTS) is 1. The number of Topliss-reactive ketones (excluding diaryl/α,β-unsaturated/α-hetero) is 1. The first-order chi connectivity index (χ1) is 16.7. The summed E-state index contributed by atoms with van der Waals surface area (Å²) in [6.45, 7) is 9.26. The zero-order chi connectivity index (χ0) is 25.0. The molecule has 178 valence electrons. The average molecular weight is 505 g/mol. The van der Waals surface area contributed by atoms with Crippen LogP contribution in [0.1, 0.15) is 62.8 Å². The first-order valence-electron chi connectivity index (χ1n) is 11.2. The molecule has 0 spiro atoms. The molecule has 0 fully saturated rings. The Kier molecular flexibility index (Phi) is 5.77. The summed E-state index contributed by atoms with van der Waals surface area (Å²) in [4.78, 5) is 31.0. The average Bonchev–Trinajstić information content (AvgIpc) is 3.51. The molecule has 7 nitrogen and oxygen atoms in total. The number of aliphatic carboxylic acids is 1. The third-order valence-electron chi connectivity index (χ3n) is 6.51. The van der Waals surface area contributed by atoms with Gasteiger partial charge in [0.15, 0.2) is 11.6 Å². The van der Waals surface area contributed by atoms with Crippen molar-refractivity contribution >= 4 is 40.1 Å². The third kappa shape index (κ3) is 3.75. The molecule has 35 heavy (non-hydrogen) atoms. The van der Waals surface area contributed by atoms with Crippen molar-refractivity contribution in [3.05, 3.63) is 73.8 Å². The molecule has 4 heterocycles. The number of fused-ring (bicyclic) bond motifs is 3. The van der Waals surface area contributed by atoms with E-state index in [1.165, 1.54) is 11.3 Å². The van der Waals surface area contributed by atoms with E-state index >= 15 is 0 Å². The van der Waals surface area contributed by atoms with Crippen LogP contribution in [0.5, 0.6) is 0 Å². The number of carbonyl (C=O) groups excluding carboxylic acids is 1. The van der Waals surface area contributed by atoms with Gasteiger partial charge in [-0.15, -0.1) is 32.9 Å². The summed E-state index contributed by atoms with van der Waals surface area (Å²) >= 11 is 3.08. The topological polar surface area (TPSA) is 97.4 Å². The highest BCUT2D eigenvalue weighted by atomic mass is 32.1. The number of thiophene rings is 2. The molecule has 5 rings (SSSR count). The molecule has 0 aliphatic carbocycles. The van der Waals surface area contributed by atoms with Gasteiger partial charge in [0.05, 0.1) is 16.5 Å². The molecule has 0 saturated carbocycles. The van der Waals surface area contributed by atoms with Crippen LogP contribution in [0.4, 0.5) is 0 Å². The Bertz CT molecular complexity index is 1510. The Morgan fingerprint density at radius 2 is 1.74 bits per heavy atom. The van der Waals surface area contributed by atoms with Crippen molar-refractivity contribution in [3.63, 3.8) is 0 Å². The molecule has 0 amide bonds. The Morgan fingerprint density at radius 3 is 2.40 bits per heavy atom. The SMILES string of the molecule is CC(=O)c1sccc1-c1ccc(C2=N[C@@H](C(C)C(=O)O)c3nnc(C)n3-c3sc(C)c(C)c32)cc1. The number of benzene rings is 1. The summed E-state index contributed by atoms with van der Waals surface area (Å²) < 4.78 is 1.96. The number of carboxylic acids is 1. The van der Waals surface area contributed by atoms with Gasteiger partial charge >= 0.3 is 5.97 Å². The maximum absolute atomic E-state index is 12.0. The quantitative estimate of drug-likeness (QED) is 0.347. The number of aliphatic imine (C=N–C) groups is 1. The van der Waals surface area contributed by atoms with Crippen LogP contribution in [0.2, 0.25) is 0 Å². The summed E-state index contributed by atoms with van der Waals surface area (Å²) in [5.41, 5.74) is 5.58. The van der Waals surface area contributed by atoms with E-state index in [0.29, 0.717) is 11.6 Å². The standard InChI is InChI=1S/C26H24N4O3S2/c1-12-15(4)35-25-20(12)22(27-21(13(2)26(32)33)24-29-28-16(5)30(24)25)18-8-6-17(7-9-18)19-10-11-34-23(19)14(3)31/h6-11,13,21H,1-5H3,(H,32,33)/t13?,21-/m0/s1. The van der Waals surface area contributed by atoms with Crippen LogP contribution in [-0.2, 0) is 4.79 Å². The summed E-state index contributed by atoms with van der Waals surface area (Å²) in [5.74, 6) is -0.439. The van der Waals surface area contributed by atoms with E-state index in [9.17, 15) is 14.7 Å². The second kappa shape index (κ2) is 8.66. The van der Waals surface area contributed by atoms with E-state index in [2.05, 4.69) is 24.0 Å². The summed E-state index contributed by atoms with van der Waals surface area (Å²) in [6, 6.07) is 9.24. The van der Waals surface area contributed by atoms with Crippen molar-refractivity contribution in [2.75, 3.05) is 0 Å². The first kappa shape index (κ1) is 23.3. The molecule has 1 unspecified atom stereocenters. The number of hydrogen-bond donors (Lipinski definition) is 1. The van der Waals surface area contributed by atoms with Crippen LogP contribution in [0.25, 0.3) is 16.1 Å². The van der Waals surface area contributed by atoms with Gasteiger partial charge in [-0.05, 0) is 57.2 Å². The molecule has 0 saturated heterocycles. The van der Waals surface area contributed by atoms with Crippen molar-refractivity contribution in [1.29, 1.82) is 0 Å². The van der Waals surface area contributed by atoms with Gasteiger partial charge in [0, 0.05) is 21.6 Å². The number of rotatable bonds is 5. The lowest BCUT2D eigenvalue weighted by Gasteiger charge is -2.16. The minimum Gasteiger partial charge on any atom is -0.481 e. The lowest BCUT2D eigenvalue weighted by molar-refractivity contribution is -0.141. The zero-order valence-electron chi connectivity index (χ0n) is 20.0. The van der Waals surface area contributed by atoms with Crippen molar-refractivity contribution in [2.24, 2.45) is 10.9 Å². The van der Waals surface area contributed by atoms with Crippen molar-refractivity contribution < 1.29 is 14.7 Å². The highest BCUT2D eigenvalue weighted by molar-refractivity contribution is 7.15. The molecule has 0 radical (unpaired) electrons. The van der Waals surface area contributed by atoms with Crippen molar-refractivity contribution in [2.45, 2.75) is 40.7 Å². The van der Waals surface area contributed by atoms with Crippen LogP contribution < -0.4 is 0 Å². The normalized spacial score (nSPS) is 15.7. The Balaban J connectivity index is 1.71. The molecular weight excluding hydrogens is 480 g/mol. The van der Waals surface area contributed by atoms with Crippen molar-refractivity contribution in [1.82, 2.24) is 14.8 Å². The zero-order valence-corrected chi connectivity index (χ0v) is 21.6. The maximum Gasteiger partial charge on any atom is 0.308 e. The number of aromatic nitrogens is 3. The van der Waals surface area contributed by atoms with Crippen LogP contribution in [0.3, 0.4) is 0 Å². The Hall–Kier alpha value is -3.43. The summed E-state index contributed by atoms with van der Waals surface area (Å²) in [7, 11) is 0. The number of carbonyl (C=O) groups is 2. The van der Waals surface area contributed by atoms with Gasteiger partial charge in [0.2, 0.25) is 0 Å². The molecule has 1 N–H and O–H groups in total. The van der Waals surface area contributed by atoms with E-state index in [1.807, 2.05) is 47.2 Å². The largest absolute Gasteiger partial charge is 0.481 e. The lowest BCUT2D eigenvalue weighted by Crippen LogP contribution is -2.21. The highest BCUT2D eigenvalue weighted by Gasteiger charge is 2.36. The molecule has 0 bridgehead atoms. The number of nitrogens with zero attached hydrogens (tertiary/aromatic N) is 4. The van der Waals surface area contributed by atoms with Crippen molar-refractivity contribution in [3.8, 4) is 16.1 Å². The van der Waals surface area contributed by atoms with Gasteiger partial charge in [0.25, 0.3) is 0 Å². The van der Waals surface area contributed by atoms with Crippen LogP contribution in [-0.4, -0.2) is 37.3 Å². The maximum atomic E-state index is 12.0. The number of ketones is 1. The van der Waals surface area contributed by atoms with E-state index in [1.54, 1.807) is 25.2 Å². The first-order valence-corrected chi connectivity index (χ1v) is 12.9. The highest BCUT2D eigenvalue weighted by Crippen LogP contribution is 2.41. The van der Waals surface area contributed by atoms with E-state index in [4.69, 9.17) is 4.99 Å². The molecule has 2 atom stereocenters. The van der Waals surface area contributed by atoms with E-state index < -0.39 is 17.9 Å². The molecule has 9 heteroatoms. The fourth-order valence-electron chi connectivity index (χ4n) is 4.43. The van der Waals surface area contributed by atoms with Gasteiger partial charge in [0.1, 0.15) is 16.9 Å². The number of hydrogen-bond acceptors (Lipinski definition) is 7. The van der Waals surface area contributed by atoms with Gasteiger partial charge in [-0.3, -0.25) is 19.1 Å². The fourth-order valence-corrected chi connectivity index (χ4v) is 6.47. The predicted molar refractivity (Wildman–Crippen MR) is 138 cm³/mol. The van der Waals surface area contributed by atoms with Gasteiger partial charge in [-0.1, -0.05) is 24.3 Å². The predicted octanol–water partition coefficient (Wildman–Crippen LogP) is 5.80. The van der Waals surface area contributed by atoms with Gasteiger partial charge in [-0.2, -0.15) is 0 Å². The van der Waals surface area contributed by atoms with Crippen LogP contribution in [0.15, 0.2) is 40.7 Å². The van der Waals surface area contributed by atoms with Crippen LogP contribution >= 0.6 is 22.7 Å².